The topological polar surface area (TPSA) is 51.2 Å². The molecule has 0 bridgehead atoms. The van der Waals surface area contributed by atoms with Crippen LogP contribution in [0.3, 0.4) is 0 Å². The van der Waals surface area contributed by atoms with Gasteiger partial charge in [-0.15, -0.1) is 0 Å². The molecule has 0 saturated carbocycles. The van der Waals surface area contributed by atoms with Gasteiger partial charge in [-0.05, 0) is 48.5 Å². The van der Waals surface area contributed by atoms with Gasteiger partial charge >= 0.3 is 0 Å². The Hall–Kier alpha value is -2.99. The smallest absolute Gasteiger partial charge is 0.176 e. The molecule has 2 aromatic carbocycles. The van der Waals surface area contributed by atoms with E-state index in [1.54, 1.807) is 37.6 Å². The number of ether oxygens (including phenoxy) is 3. The predicted octanol–water partition coefficient (Wildman–Crippen LogP) is 2.99. The lowest BCUT2D eigenvalue weighted by Gasteiger charge is -2.35. The zero-order valence-electron chi connectivity index (χ0n) is 16.0. The highest BCUT2D eigenvalue weighted by atomic mass is 16.5. The molecule has 0 unspecified atom stereocenters. The highest BCUT2D eigenvalue weighted by Gasteiger charge is 2.21. The van der Waals surface area contributed by atoms with Gasteiger partial charge in [0.25, 0.3) is 0 Å². The fraction of sp³-hybridized carbons (Fsp3) is 0.318. The van der Waals surface area contributed by atoms with Crippen molar-refractivity contribution >= 4 is 11.5 Å². The number of piperazine rings is 1. The van der Waals surface area contributed by atoms with Crippen molar-refractivity contribution in [3.8, 4) is 17.2 Å². The summed E-state index contributed by atoms with van der Waals surface area (Å²) < 4.78 is 16.3. The van der Waals surface area contributed by atoms with Crippen LogP contribution >= 0.6 is 0 Å². The Balaban J connectivity index is 1.33. The SMILES string of the molecule is COc1ccc(N2CCN(CC(=O)c3ccc4c(c3)OCC=CO4)CC2)cc1. The fourth-order valence-corrected chi connectivity index (χ4v) is 3.44. The number of carbonyl (C=O) groups is 1. The third-order valence-corrected chi connectivity index (χ3v) is 5.07. The van der Waals surface area contributed by atoms with Crippen molar-refractivity contribution in [2.45, 2.75) is 0 Å². The van der Waals surface area contributed by atoms with Crippen molar-refractivity contribution in [1.82, 2.24) is 4.90 Å². The van der Waals surface area contributed by atoms with Crippen molar-refractivity contribution in [2.75, 3.05) is 51.3 Å². The Kier molecular flexibility index (Phi) is 5.48. The number of methoxy groups -OCH3 is 1. The largest absolute Gasteiger partial charge is 0.497 e. The van der Waals surface area contributed by atoms with Crippen molar-refractivity contribution in [1.29, 1.82) is 0 Å². The van der Waals surface area contributed by atoms with E-state index in [9.17, 15) is 4.79 Å². The van der Waals surface area contributed by atoms with Gasteiger partial charge in [0.05, 0.1) is 19.9 Å². The maximum atomic E-state index is 12.7. The van der Waals surface area contributed by atoms with Crippen LogP contribution in [-0.2, 0) is 0 Å². The summed E-state index contributed by atoms with van der Waals surface area (Å²) in [7, 11) is 1.67. The van der Waals surface area contributed by atoms with Gasteiger partial charge in [-0.2, -0.15) is 0 Å². The van der Waals surface area contributed by atoms with Crippen LogP contribution in [0, 0.1) is 0 Å². The molecule has 2 aliphatic rings. The number of hydrogen-bond acceptors (Lipinski definition) is 6. The molecule has 0 aliphatic carbocycles. The molecular formula is C22H24N2O4. The Morgan fingerprint density at radius 2 is 1.82 bits per heavy atom. The Labute approximate surface area is 164 Å². The lowest BCUT2D eigenvalue weighted by molar-refractivity contribution is 0.0926. The summed E-state index contributed by atoms with van der Waals surface area (Å²) in [5.74, 6) is 2.21. The van der Waals surface area contributed by atoms with E-state index in [1.807, 2.05) is 12.1 Å². The van der Waals surface area contributed by atoms with Crippen molar-refractivity contribution < 1.29 is 19.0 Å². The van der Waals surface area contributed by atoms with E-state index in [4.69, 9.17) is 14.2 Å². The number of rotatable bonds is 5. The van der Waals surface area contributed by atoms with Gasteiger partial charge in [0, 0.05) is 37.4 Å². The number of Topliss-reactive ketones (excluding diaryl/α,β-unsaturated/α-hetero) is 1. The van der Waals surface area contributed by atoms with Crippen LogP contribution in [0.4, 0.5) is 5.69 Å². The summed E-state index contributed by atoms with van der Waals surface area (Å²) in [6.07, 6.45) is 3.40. The third kappa shape index (κ3) is 4.12. The summed E-state index contributed by atoms with van der Waals surface area (Å²) in [6.45, 7) is 4.35. The van der Waals surface area contributed by atoms with Crippen LogP contribution in [0.2, 0.25) is 0 Å². The first-order chi connectivity index (χ1) is 13.7. The summed E-state index contributed by atoms with van der Waals surface area (Å²) in [4.78, 5) is 17.3. The molecular weight excluding hydrogens is 356 g/mol. The molecule has 0 atom stereocenters. The average molecular weight is 380 g/mol. The number of anilines is 1. The molecule has 1 fully saturated rings. The van der Waals surface area contributed by atoms with E-state index in [1.165, 1.54) is 5.69 Å². The molecule has 0 aromatic heterocycles. The lowest BCUT2D eigenvalue weighted by Crippen LogP contribution is -2.48. The van der Waals surface area contributed by atoms with Crippen LogP contribution < -0.4 is 19.1 Å². The minimum atomic E-state index is 0.0986. The van der Waals surface area contributed by atoms with Crippen molar-refractivity contribution in [3.05, 3.63) is 60.4 Å². The van der Waals surface area contributed by atoms with E-state index in [0.717, 1.165) is 31.9 Å². The zero-order chi connectivity index (χ0) is 19.3. The van der Waals surface area contributed by atoms with Gasteiger partial charge < -0.3 is 19.1 Å². The number of carbonyl (C=O) groups excluding carboxylic acids is 1. The molecule has 6 heteroatoms. The molecule has 0 amide bonds. The monoisotopic (exact) mass is 380 g/mol. The minimum absolute atomic E-state index is 0.0986. The van der Waals surface area contributed by atoms with Crippen molar-refractivity contribution in [3.63, 3.8) is 0 Å². The Morgan fingerprint density at radius 3 is 2.57 bits per heavy atom. The van der Waals surface area contributed by atoms with Gasteiger partial charge in [-0.3, -0.25) is 9.69 Å². The summed E-state index contributed by atoms with van der Waals surface area (Å²) in [6, 6.07) is 13.5. The second-order valence-electron chi connectivity index (χ2n) is 6.85. The van der Waals surface area contributed by atoms with Crippen LogP contribution in [0.25, 0.3) is 0 Å². The summed E-state index contributed by atoms with van der Waals surface area (Å²) in [5, 5.41) is 0. The number of nitrogens with zero attached hydrogens (tertiary/aromatic N) is 2. The van der Waals surface area contributed by atoms with Crippen LogP contribution in [0.15, 0.2) is 54.8 Å². The predicted molar refractivity (Wildman–Crippen MR) is 108 cm³/mol. The second kappa shape index (κ2) is 8.35. The number of ketones is 1. The molecule has 0 radical (unpaired) electrons. The number of hydrogen-bond donors (Lipinski definition) is 0. The molecule has 2 aromatic rings. The van der Waals surface area contributed by atoms with Gasteiger partial charge in [-0.1, -0.05) is 0 Å². The van der Waals surface area contributed by atoms with E-state index >= 15 is 0 Å². The first kappa shape index (κ1) is 18.4. The normalized spacial score (nSPS) is 16.5. The van der Waals surface area contributed by atoms with Gasteiger partial charge in [-0.25, -0.2) is 0 Å². The van der Waals surface area contributed by atoms with E-state index in [0.29, 0.717) is 30.2 Å². The van der Waals surface area contributed by atoms with Gasteiger partial charge in [0.15, 0.2) is 17.3 Å². The molecule has 28 heavy (non-hydrogen) atoms. The molecule has 4 rings (SSSR count). The second-order valence-corrected chi connectivity index (χ2v) is 6.85. The standard InChI is InChI=1S/C22H24N2O4/c1-26-19-6-4-18(5-7-19)24-11-9-23(10-12-24)16-20(25)17-3-8-21-22(15-17)28-14-2-13-27-21/h2-8,13,15H,9-12,14,16H2,1H3. The molecule has 0 N–H and O–H groups in total. The molecule has 2 aliphatic heterocycles. The van der Waals surface area contributed by atoms with Gasteiger partial charge in [0.1, 0.15) is 12.4 Å². The quantitative estimate of drug-likeness (QED) is 0.744. The van der Waals surface area contributed by atoms with Gasteiger partial charge in [0.2, 0.25) is 0 Å². The highest BCUT2D eigenvalue weighted by molar-refractivity contribution is 5.98. The van der Waals surface area contributed by atoms with Crippen molar-refractivity contribution in [2.24, 2.45) is 0 Å². The Morgan fingerprint density at radius 1 is 1.04 bits per heavy atom. The van der Waals surface area contributed by atoms with E-state index in [-0.39, 0.29) is 5.78 Å². The maximum absolute atomic E-state index is 12.7. The van der Waals surface area contributed by atoms with Crippen LogP contribution in [-0.4, -0.2) is 57.1 Å². The third-order valence-electron chi connectivity index (χ3n) is 5.07. The number of fused-ring (bicyclic) bond motifs is 1. The van der Waals surface area contributed by atoms with Crippen LogP contribution in [0.5, 0.6) is 17.2 Å². The average Bonchev–Trinajstić information content (AvgIpc) is 2.99. The first-order valence-corrected chi connectivity index (χ1v) is 9.46. The Bertz CT molecular complexity index is 855. The molecule has 0 spiro atoms. The molecule has 146 valence electrons. The lowest BCUT2D eigenvalue weighted by atomic mass is 10.1. The summed E-state index contributed by atoms with van der Waals surface area (Å²) in [5.41, 5.74) is 1.84. The number of benzene rings is 2. The van der Waals surface area contributed by atoms with E-state index < -0.39 is 0 Å². The van der Waals surface area contributed by atoms with Crippen LogP contribution in [0.1, 0.15) is 10.4 Å². The molecule has 6 nitrogen and oxygen atoms in total. The minimum Gasteiger partial charge on any atom is -0.497 e. The highest BCUT2D eigenvalue weighted by Crippen LogP contribution is 2.30. The fourth-order valence-electron chi connectivity index (χ4n) is 3.44. The molecule has 2 heterocycles. The molecule has 1 saturated heterocycles. The summed E-state index contributed by atoms with van der Waals surface area (Å²) >= 11 is 0. The first-order valence-electron chi connectivity index (χ1n) is 9.46. The van der Waals surface area contributed by atoms with E-state index in [2.05, 4.69) is 21.9 Å². The maximum Gasteiger partial charge on any atom is 0.176 e. The zero-order valence-corrected chi connectivity index (χ0v) is 16.0.